The Kier molecular flexibility index (Phi) is 5.22. The first-order chi connectivity index (χ1) is 14.0. The molecule has 0 aromatic heterocycles. The van der Waals surface area contributed by atoms with Crippen molar-refractivity contribution in [2.75, 3.05) is 10.6 Å². The maximum atomic E-state index is 12.9. The summed E-state index contributed by atoms with van der Waals surface area (Å²) in [7, 11) is 0. The van der Waals surface area contributed by atoms with Gasteiger partial charge in [0.05, 0.1) is 11.3 Å². The zero-order valence-electron chi connectivity index (χ0n) is 15.4. The van der Waals surface area contributed by atoms with Gasteiger partial charge in [0.25, 0.3) is 11.8 Å². The third-order valence-corrected chi connectivity index (χ3v) is 4.82. The Balaban J connectivity index is 1.55. The first-order valence-corrected chi connectivity index (χ1v) is 9.74. The van der Waals surface area contributed by atoms with Gasteiger partial charge in [-0.25, -0.2) is 0 Å². The molecule has 3 aromatic carbocycles. The molecule has 146 valence electrons. The Morgan fingerprint density at radius 3 is 2.76 bits per heavy atom. The maximum absolute atomic E-state index is 12.9. The summed E-state index contributed by atoms with van der Waals surface area (Å²) in [6.07, 6.45) is -0.551. The topological polar surface area (TPSA) is 76.7 Å². The summed E-state index contributed by atoms with van der Waals surface area (Å²) in [4.78, 5) is 24.7. The molecule has 0 saturated heterocycles. The van der Waals surface area contributed by atoms with Gasteiger partial charge in [-0.2, -0.15) is 0 Å². The highest BCUT2D eigenvalue weighted by atomic mass is 79.9. The quantitative estimate of drug-likeness (QED) is 0.569. The number of nitrogens with one attached hydrogen (secondary N) is 2. The molecule has 1 aliphatic rings. The van der Waals surface area contributed by atoms with Gasteiger partial charge in [0, 0.05) is 10.2 Å². The van der Waals surface area contributed by atoms with Crippen molar-refractivity contribution in [3.05, 3.63) is 76.8 Å². The molecule has 6 nitrogen and oxygen atoms in total. The molecule has 0 saturated carbocycles. The molecule has 2 N–H and O–H groups in total. The number of para-hydroxylation sites is 1. The van der Waals surface area contributed by atoms with Gasteiger partial charge in [0.15, 0.2) is 6.10 Å². The zero-order valence-corrected chi connectivity index (χ0v) is 17.0. The first-order valence-electron chi connectivity index (χ1n) is 8.95. The number of carbonyl (C=O) groups is 2. The van der Waals surface area contributed by atoms with Crippen LogP contribution in [0.2, 0.25) is 0 Å². The van der Waals surface area contributed by atoms with E-state index >= 15 is 0 Å². The van der Waals surface area contributed by atoms with E-state index in [0.29, 0.717) is 34.2 Å². The van der Waals surface area contributed by atoms with E-state index in [1.54, 1.807) is 49.4 Å². The monoisotopic (exact) mass is 452 g/mol. The standard InChI is InChI=1S/C22H17BrN2O4/c1-13-21(26)25-18-12-15(9-10-20(18)28-13)24-22(27)17-7-2-3-8-19(17)29-16-6-4-5-14(23)11-16/h2-13H,1H3,(H,24,27)(H,25,26). The van der Waals surface area contributed by atoms with Crippen molar-refractivity contribution in [2.45, 2.75) is 13.0 Å². The SMILES string of the molecule is CC1Oc2ccc(NC(=O)c3ccccc3Oc3cccc(Br)c3)cc2NC1=O. The van der Waals surface area contributed by atoms with Gasteiger partial charge in [-0.3, -0.25) is 9.59 Å². The highest BCUT2D eigenvalue weighted by Gasteiger charge is 2.24. The van der Waals surface area contributed by atoms with Gasteiger partial charge in [-0.1, -0.05) is 34.1 Å². The second-order valence-corrected chi connectivity index (χ2v) is 7.39. The van der Waals surface area contributed by atoms with Crippen molar-refractivity contribution in [2.24, 2.45) is 0 Å². The number of carbonyl (C=O) groups excluding carboxylic acids is 2. The van der Waals surface area contributed by atoms with Crippen LogP contribution in [-0.4, -0.2) is 17.9 Å². The number of benzene rings is 3. The molecule has 1 heterocycles. The lowest BCUT2D eigenvalue weighted by Gasteiger charge is -2.23. The van der Waals surface area contributed by atoms with Crippen LogP contribution in [-0.2, 0) is 4.79 Å². The second kappa shape index (κ2) is 7.97. The first kappa shape index (κ1) is 19.0. The molecule has 1 aliphatic heterocycles. The largest absolute Gasteiger partial charge is 0.479 e. The number of fused-ring (bicyclic) bond motifs is 1. The Morgan fingerprint density at radius 1 is 1.10 bits per heavy atom. The summed E-state index contributed by atoms with van der Waals surface area (Å²) in [6, 6.07) is 19.5. The maximum Gasteiger partial charge on any atom is 0.265 e. The molecule has 0 fully saturated rings. The van der Waals surface area contributed by atoms with Crippen LogP contribution in [0.5, 0.6) is 17.2 Å². The van der Waals surface area contributed by atoms with Crippen molar-refractivity contribution in [1.82, 2.24) is 0 Å². The third kappa shape index (κ3) is 4.25. The van der Waals surface area contributed by atoms with Gasteiger partial charge in [0.2, 0.25) is 0 Å². The Bertz CT molecular complexity index is 1100. The number of hydrogen-bond acceptors (Lipinski definition) is 4. The lowest BCUT2D eigenvalue weighted by molar-refractivity contribution is -0.122. The summed E-state index contributed by atoms with van der Waals surface area (Å²) >= 11 is 3.41. The highest BCUT2D eigenvalue weighted by molar-refractivity contribution is 9.10. The van der Waals surface area contributed by atoms with Crippen LogP contribution in [0, 0.1) is 0 Å². The molecule has 3 aromatic rings. The fraction of sp³-hybridized carbons (Fsp3) is 0.0909. The number of amides is 2. The molecule has 1 unspecified atom stereocenters. The summed E-state index contributed by atoms with van der Waals surface area (Å²) in [6.45, 7) is 1.68. The minimum absolute atomic E-state index is 0.228. The molecular weight excluding hydrogens is 436 g/mol. The number of ether oxygens (including phenoxy) is 2. The van der Waals surface area contributed by atoms with Crippen LogP contribution in [0.4, 0.5) is 11.4 Å². The lowest BCUT2D eigenvalue weighted by Crippen LogP contribution is -2.34. The van der Waals surface area contributed by atoms with Crippen molar-refractivity contribution in [3.8, 4) is 17.2 Å². The summed E-state index contributed by atoms with van der Waals surface area (Å²) in [5, 5.41) is 5.60. The molecule has 4 rings (SSSR count). The van der Waals surface area contributed by atoms with E-state index in [9.17, 15) is 9.59 Å². The number of rotatable bonds is 4. The molecule has 2 amide bonds. The van der Waals surface area contributed by atoms with E-state index in [4.69, 9.17) is 9.47 Å². The van der Waals surface area contributed by atoms with Gasteiger partial charge >= 0.3 is 0 Å². The lowest BCUT2D eigenvalue weighted by atomic mass is 10.1. The Morgan fingerprint density at radius 2 is 1.93 bits per heavy atom. The van der Waals surface area contributed by atoms with E-state index < -0.39 is 6.10 Å². The van der Waals surface area contributed by atoms with Gasteiger partial charge in [-0.05, 0) is 55.5 Å². The average Bonchev–Trinajstić information content (AvgIpc) is 2.69. The van der Waals surface area contributed by atoms with Crippen LogP contribution < -0.4 is 20.1 Å². The smallest absolute Gasteiger partial charge is 0.265 e. The van der Waals surface area contributed by atoms with Crippen molar-refractivity contribution in [1.29, 1.82) is 0 Å². The van der Waals surface area contributed by atoms with Crippen LogP contribution >= 0.6 is 15.9 Å². The van der Waals surface area contributed by atoms with Crippen LogP contribution in [0.3, 0.4) is 0 Å². The molecule has 0 spiro atoms. The second-order valence-electron chi connectivity index (χ2n) is 6.47. The Hall–Kier alpha value is -3.32. The van der Waals surface area contributed by atoms with E-state index in [1.165, 1.54) is 0 Å². The molecule has 29 heavy (non-hydrogen) atoms. The van der Waals surface area contributed by atoms with Crippen molar-refractivity contribution in [3.63, 3.8) is 0 Å². The molecule has 0 bridgehead atoms. The zero-order chi connectivity index (χ0) is 20.4. The fourth-order valence-electron chi connectivity index (χ4n) is 2.89. The third-order valence-electron chi connectivity index (χ3n) is 4.32. The molecule has 0 aliphatic carbocycles. The van der Waals surface area contributed by atoms with E-state index in [1.807, 2.05) is 24.3 Å². The number of halogens is 1. The summed E-state index contributed by atoms with van der Waals surface area (Å²) in [5.41, 5.74) is 1.44. The van der Waals surface area contributed by atoms with E-state index in [0.717, 1.165) is 4.47 Å². The minimum atomic E-state index is -0.551. The van der Waals surface area contributed by atoms with Gasteiger partial charge in [0.1, 0.15) is 17.2 Å². The molecular formula is C22H17BrN2O4. The highest BCUT2D eigenvalue weighted by Crippen LogP contribution is 2.33. The Labute approximate surface area is 176 Å². The van der Waals surface area contributed by atoms with E-state index in [-0.39, 0.29) is 11.8 Å². The van der Waals surface area contributed by atoms with Crippen LogP contribution in [0.25, 0.3) is 0 Å². The fourth-order valence-corrected chi connectivity index (χ4v) is 3.26. The number of hydrogen-bond donors (Lipinski definition) is 2. The van der Waals surface area contributed by atoms with Gasteiger partial charge in [-0.15, -0.1) is 0 Å². The summed E-state index contributed by atoms with van der Waals surface area (Å²) < 4.78 is 12.3. The van der Waals surface area contributed by atoms with Crippen molar-refractivity contribution < 1.29 is 19.1 Å². The predicted octanol–water partition coefficient (Wildman–Crippen LogP) is 5.21. The van der Waals surface area contributed by atoms with Crippen LogP contribution in [0.15, 0.2) is 71.2 Å². The van der Waals surface area contributed by atoms with Crippen LogP contribution in [0.1, 0.15) is 17.3 Å². The molecule has 1 atom stereocenters. The predicted molar refractivity (Wildman–Crippen MR) is 114 cm³/mol. The van der Waals surface area contributed by atoms with Crippen molar-refractivity contribution >= 4 is 39.1 Å². The van der Waals surface area contributed by atoms with Gasteiger partial charge < -0.3 is 20.1 Å². The molecule has 7 heteroatoms. The van der Waals surface area contributed by atoms with E-state index in [2.05, 4.69) is 26.6 Å². The average molecular weight is 453 g/mol. The number of anilines is 2. The molecule has 0 radical (unpaired) electrons. The minimum Gasteiger partial charge on any atom is -0.479 e. The summed E-state index contributed by atoms with van der Waals surface area (Å²) in [5.74, 6) is 1.06. The normalized spacial score (nSPS) is 15.0.